The van der Waals surface area contributed by atoms with E-state index in [1.165, 1.54) is 18.2 Å². The fraction of sp³-hybridized carbons (Fsp3) is 0.364. The van der Waals surface area contributed by atoms with Gasteiger partial charge in [-0.2, -0.15) is 0 Å². The predicted molar refractivity (Wildman–Crippen MR) is 63.9 cm³/mol. The highest BCUT2D eigenvalue weighted by Crippen LogP contribution is 2.29. The Morgan fingerprint density at radius 1 is 1.56 bits per heavy atom. The zero-order chi connectivity index (χ0) is 13.1. The second-order valence-corrected chi connectivity index (χ2v) is 4.09. The van der Waals surface area contributed by atoms with Gasteiger partial charge in [-0.1, -0.05) is 5.16 Å². The first kappa shape index (κ1) is 12.2. The van der Waals surface area contributed by atoms with E-state index in [1.807, 2.05) is 0 Å². The van der Waals surface area contributed by atoms with Crippen LogP contribution in [0.1, 0.15) is 24.8 Å². The third-order valence-corrected chi connectivity index (χ3v) is 2.90. The summed E-state index contributed by atoms with van der Waals surface area (Å²) in [7, 11) is 0. The highest BCUT2D eigenvalue weighted by molar-refractivity contribution is 6.00. The number of rotatable bonds is 4. The van der Waals surface area contributed by atoms with E-state index in [-0.39, 0.29) is 23.2 Å². The van der Waals surface area contributed by atoms with Gasteiger partial charge in [-0.3, -0.25) is 10.1 Å². The summed E-state index contributed by atoms with van der Waals surface area (Å²) in [6, 6.07) is 4.05. The zero-order valence-corrected chi connectivity index (χ0v) is 9.57. The van der Waals surface area contributed by atoms with Crippen molar-refractivity contribution in [3.8, 4) is 5.75 Å². The third kappa shape index (κ3) is 2.34. The Bertz CT molecular complexity index is 497. The Morgan fingerprint density at radius 2 is 2.28 bits per heavy atom. The van der Waals surface area contributed by atoms with Crippen LogP contribution in [0.3, 0.4) is 0 Å². The largest absolute Gasteiger partial charge is 0.490 e. The molecule has 0 spiro atoms. The van der Waals surface area contributed by atoms with E-state index in [0.29, 0.717) is 5.75 Å². The van der Waals surface area contributed by atoms with Gasteiger partial charge in [-0.25, -0.2) is 0 Å². The van der Waals surface area contributed by atoms with E-state index in [9.17, 15) is 10.1 Å². The van der Waals surface area contributed by atoms with Gasteiger partial charge < -0.3 is 15.7 Å². The molecule has 1 aliphatic rings. The quantitative estimate of drug-likeness (QED) is 0.277. The highest BCUT2D eigenvalue weighted by Gasteiger charge is 2.22. The van der Waals surface area contributed by atoms with Gasteiger partial charge in [0.2, 0.25) is 0 Å². The molecular formula is C11H13N3O4. The molecule has 1 fully saturated rings. The van der Waals surface area contributed by atoms with E-state index >= 15 is 0 Å². The van der Waals surface area contributed by atoms with Crippen molar-refractivity contribution < 1.29 is 14.9 Å². The maximum absolute atomic E-state index is 10.7. The molecule has 1 aliphatic carbocycles. The van der Waals surface area contributed by atoms with Crippen LogP contribution in [-0.4, -0.2) is 22.1 Å². The van der Waals surface area contributed by atoms with Gasteiger partial charge in [0.1, 0.15) is 5.75 Å². The van der Waals surface area contributed by atoms with Gasteiger partial charge in [0.15, 0.2) is 5.84 Å². The maximum Gasteiger partial charge on any atom is 0.270 e. The van der Waals surface area contributed by atoms with Gasteiger partial charge in [0.05, 0.1) is 16.6 Å². The minimum atomic E-state index is -0.540. The standard InChI is InChI=1S/C11H13N3O4/c12-11(13-15)9-6-7(14(16)17)4-5-10(9)18-8-2-1-3-8/h4-6,8,15H,1-3H2,(H2,12,13). The lowest BCUT2D eigenvalue weighted by Gasteiger charge is -2.27. The summed E-state index contributed by atoms with van der Waals surface area (Å²) >= 11 is 0. The van der Waals surface area contributed by atoms with Gasteiger partial charge in [-0.05, 0) is 25.3 Å². The summed E-state index contributed by atoms with van der Waals surface area (Å²) in [6.07, 6.45) is 3.12. The number of hydrogen-bond donors (Lipinski definition) is 2. The van der Waals surface area contributed by atoms with Crippen molar-refractivity contribution in [3.63, 3.8) is 0 Å². The molecule has 1 aromatic rings. The minimum absolute atomic E-state index is 0.108. The first-order chi connectivity index (χ1) is 8.61. The van der Waals surface area contributed by atoms with Gasteiger partial charge >= 0.3 is 0 Å². The summed E-state index contributed by atoms with van der Waals surface area (Å²) in [5.74, 6) is 0.202. The van der Waals surface area contributed by atoms with E-state index in [2.05, 4.69) is 5.16 Å². The fourth-order valence-corrected chi connectivity index (χ4v) is 1.66. The van der Waals surface area contributed by atoms with E-state index in [0.717, 1.165) is 19.3 Å². The topological polar surface area (TPSA) is 111 Å². The smallest absolute Gasteiger partial charge is 0.270 e. The molecule has 0 heterocycles. The average molecular weight is 251 g/mol. The van der Waals surface area contributed by atoms with Crippen LogP contribution in [0.15, 0.2) is 23.4 Å². The zero-order valence-electron chi connectivity index (χ0n) is 9.57. The van der Waals surface area contributed by atoms with Crippen LogP contribution in [0.4, 0.5) is 5.69 Å². The van der Waals surface area contributed by atoms with E-state index < -0.39 is 4.92 Å². The number of oxime groups is 1. The molecule has 18 heavy (non-hydrogen) atoms. The molecule has 2 rings (SSSR count). The molecule has 0 saturated heterocycles. The molecule has 0 aliphatic heterocycles. The second kappa shape index (κ2) is 4.91. The first-order valence-corrected chi connectivity index (χ1v) is 5.55. The summed E-state index contributed by atoms with van der Waals surface area (Å²) in [4.78, 5) is 10.1. The second-order valence-electron chi connectivity index (χ2n) is 4.09. The van der Waals surface area contributed by atoms with E-state index in [4.69, 9.17) is 15.7 Å². The molecular weight excluding hydrogens is 238 g/mol. The molecule has 0 atom stereocenters. The lowest BCUT2D eigenvalue weighted by atomic mass is 9.96. The lowest BCUT2D eigenvalue weighted by Crippen LogP contribution is -2.26. The maximum atomic E-state index is 10.7. The van der Waals surface area contributed by atoms with Crippen molar-refractivity contribution in [2.75, 3.05) is 0 Å². The van der Waals surface area contributed by atoms with Crippen molar-refractivity contribution in [2.24, 2.45) is 10.9 Å². The van der Waals surface area contributed by atoms with Crippen LogP contribution in [-0.2, 0) is 0 Å². The third-order valence-electron chi connectivity index (χ3n) is 2.90. The predicted octanol–water partition coefficient (Wildman–Crippen LogP) is 1.62. The fourth-order valence-electron chi connectivity index (χ4n) is 1.66. The molecule has 7 heteroatoms. The van der Waals surface area contributed by atoms with Crippen molar-refractivity contribution in [2.45, 2.75) is 25.4 Å². The number of nitrogens with two attached hydrogens (primary N) is 1. The molecule has 1 saturated carbocycles. The molecule has 0 radical (unpaired) electrons. The van der Waals surface area contributed by atoms with Crippen LogP contribution < -0.4 is 10.5 Å². The Hall–Kier alpha value is -2.31. The minimum Gasteiger partial charge on any atom is -0.490 e. The summed E-state index contributed by atoms with van der Waals surface area (Å²) in [6.45, 7) is 0. The summed E-state index contributed by atoms with van der Waals surface area (Å²) in [5.41, 5.74) is 5.60. The molecule has 0 aromatic heterocycles. The van der Waals surface area contributed by atoms with Crippen molar-refractivity contribution >= 4 is 11.5 Å². The monoisotopic (exact) mass is 251 g/mol. The lowest BCUT2D eigenvalue weighted by molar-refractivity contribution is -0.384. The number of nitrogens with zero attached hydrogens (tertiary/aromatic N) is 2. The van der Waals surface area contributed by atoms with E-state index in [1.54, 1.807) is 0 Å². The molecule has 0 bridgehead atoms. The Kier molecular flexibility index (Phi) is 3.31. The summed E-state index contributed by atoms with van der Waals surface area (Å²) in [5, 5.41) is 22.2. The average Bonchev–Trinajstić information content (AvgIpc) is 2.32. The number of hydrogen-bond acceptors (Lipinski definition) is 5. The van der Waals surface area contributed by atoms with Crippen molar-refractivity contribution in [1.29, 1.82) is 0 Å². The number of benzene rings is 1. The van der Waals surface area contributed by atoms with Crippen molar-refractivity contribution in [1.82, 2.24) is 0 Å². The molecule has 0 unspecified atom stereocenters. The van der Waals surface area contributed by atoms with Gasteiger partial charge in [-0.15, -0.1) is 0 Å². The van der Waals surface area contributed by atoms with Gasteiger partial charge in [0, 0.05) is 12.1 Å². The number of ether oxygens (including phenoxy) is 1. The molecule has 96 valence electrons. The van der Waals surface area contributed by atoms with Crippen LogP contribution in [0, 0.1) is 10.1 Å². The van der Waals surface area contributed by atoms with Crippen molar-refractivity contribution in [3.05, 3.63) is 33.9 Å². The molecule has 7 nitrogen and oxygen atoms in total. The SMILES string of the molecule is NC(=NO)c1cc([N+](=O)[O-])ccc1OC1CCC1. The van der Waals surface area contributed by atoms with Crippen LogP contribution in [0.2, 0.25) is 0 Å². The molecule has 0 amide bonds. The number of non-ortho nitro benzene ring substituents is 1. The van der Waals surface area contributed by atoms with Crippen LogP contribution >= 0.6 is 0 Å². The number of amidine groups is 1. The first-order valence-electron chi connectivity index (χ1n) is 5.55. The number of nitro groups is 1. The highest BCUT2D eigenvalue weighted by atomic mass is 16.6. The number of nitro benzene ring substituents is 1. The van der Waals surface area contributed by atoms with Crippen LogP contribution in [0.5, 0.6) is 5.75 Å². The Labute approximate surface area is 103 Å². The summed E-state index contributed by atoms with van der Waals surface area (Å²) < 4.78 is 5.64. The van der Waals surface area contributed by atoms with Crippen LogP contribution in [0.25, 0.3) is 0 Å². The van der Waals surface area contributed by atoms with Gasteiger partial charge in [0.25, 0.3) is 5.69 Å². The molecule has 3 N–H and O–H groups in total. The Balaban J connectivity index is 2.34. The Morgan fingerprint density at radius 3 is 2.78 bits per heavy atom. The molecule has 1 aromatic carbocycles. The normalized spacial score (nSPS) is 16.1.